The lowest BCUT2D eigenvalue weighted by atomic mass is 10.0. The molecule has 0 aromatic heterocycles. The minimum Gasteiger partial charge on any atom is -0.482 e. The third-order valence-electron chi connectivity index (χ3n) is 2.14. The Labute approximate surface area is 86.5 Å². The minimum absolute atomic E-state index is 0.242. The molecule has 0 spiro atoms. The highest BCUT2D eigenvalue weighted by Gasteiger charge is 2.28. The average molecular weight is 239 g/mol. The highest BCUT2D eigenvalue weighted by molar-refractivity contribution is 9.11. The molecule has 0 atom stereocenters. The molecule has 0 N–H and O–H groups in total. The topological polar surface area (TPSA) is 9.23 Å². The van der Waals surface area contributed by atoms with Gasteiger partial charge >= 0.3 is 0 Å². The first-order chi connectivity index (χ1) is 6.09. The van der Waals surface area contributed by atoms with Crippen molar-refractivity contribution in [3.63, 3.8) is 0 Å². The standard InChI is InChI=1S/C11H11BrO/c1-11(2)10(12)7-8-5-3-4-6-9(8)13-11/h3-7H,1-2H3. The van der Waals surface area contributed by atoms with Crippen LogP contribution in [0.2, 0.25) is 0 Å². The molecule has 1 heterocycles. The van der Waals surface area contributed by atoms with Crippen LogP contribution in [0.5, 0.6) is 5.75 Å². The summed E-state index contributed by atoms with van der Waals surface area (Å²) in [6.07, 6.45) is 2.11. The van der Waals surface area contributed by atoms with E-state index in [9.17, 15) is 0 Å². The Kier molecular flexibility index (Phi) is 1.95. The van der Waals surface area contributed by atoms with Gasteiger partial charge in [0.25, 0.3) is 0 Å². The lowest BCUT2D eigenvalue weighted by molar-refractivity contribution is 0.156. The quantitative estimate of drug-likeness (QED) is 0.672. The molecule has 0 aliphatic carbocycles. The predicted molar refractivity (Wildman–Crippen MR) is 58.1 cm³/mol. The number of ether oxygens (including phenoxy) is 1. The fourth-order valence-electron chi connectivity index (χ4n) is 1.33. The molecule has 0 unspecified atom stereocenters. The molecule has 1 aromatic carbocycles. The SMILES string of the molecule is CC1(C)Oc2ccccc2C=C1Br. The third-order valence-corrected chi connectivity index (χ3v) is 3.33. The van der Waals surface area contributed by atoms with E-state index in [2.05, 4.69) is 22.0 Å². The van der Waals surface area contributed by atoms with Crippen molar-refractivity contribution in [2.45, 2.75) is 19.4 Å². The number of hydrogen-bond acceptors (Lipinski definition) is 1. The average Bonchev–Trinajstić information content (AvgIpc) is 2.06. The van der Waals surface area contributed by atoms with Crippen LogP contribution in [-0.4, -0.2) is 5.60 Å². The van der Waals surface area contributed by atoms with Crippen LogP contribution in [0.15, 0.2) is 28.7 Å². The van der Waals surface area contributed by atoms with E-state index in [1.165, 1.54) is 0 Å². The Morgan fingerprint density at radius 2 is 1.92 bits per heavy atom. The van der Waals surface area contributed by atoms with Crippen LogP contribution in [-0.2, 0) is 0 Å². The maximum absolute atomic E-state index is 5.82. The fraction of sp³-hybridized carbons (Fsp3) is 0.273. The van der Waals surface area contributed by atoms with Gasteiger partial charge in [-0.3, -0.25) is 0 Å². The van der Waals surface area contributed by atoms with Crippen molar-refractivity contribution >= 4 is 22.0 Å². The number of fused-ring (bicyclic) bond motifs is 1. The minimum atomic E-state index is -0.242. The van der Waals surface area contributed by atoms with Crippen molar-refractivity contribution < 1.29 is 4.74 Å². The Hall–Kier alpha value is -0.760. The first kappa shape index (κ1) is 8.82. The zero-order valence-electron chi connectivity index (χ0n) is 7.67. The van der Waals surface area contributed by atoms with E-state index < -0.39 is 0 Å². The van der Waals surface area contributed by atoms with E-state index in [-0.39, 0.29) is 5.60 Å². The number of hydrogen-bond donors (Lipinski definition) is 0. The van der Waals surface area contributed by atoms with Crippen LogP contribution in [0.4, 0.5) is 0 Å². The zero-order chi connectivity index (χ0) is 9.47. The predicted octanol–water partition coefficient (Wildman–Crippen LogP) is 3.59. The van der Waals surface area contributed by atoms with Gasteiger partial charge in [0.2, 0.25) is 0 Å². The third kappa shape index (κ3) is 1.51. The van der Waals surface area contributed by atoms with E-state index in [1.54, 1.807) is 0 Å². The van der Waals surface area contributed by atoms with E-state index in [0.717, 1.165) is 15.8 Å². The molecule has 13 heavy (non-hydrogen) atoms. The molecule has 0 amide bonds. The Balaban J connectivity index is 2.53. The van der Waals surface area contributed by atoms with Gasteiger partial charge < -0.3 is 4.74 Å². The number of rotatable bonds is 0. The van der Waals surface area contributed by atoms with Crippen molar-refractivity contribution in [2.24, 2.45) is 0 Å². The summed E-state index contributed by atoms with van der Waals surface area (Å²) < 4.78 is 6.90. The second-order valence-corrected chi connectivity index (χ2v) is 4.50. The second-order valence-electron chi connectivity index (χ2n) is 3.64. The molecule has 2 heteroatoms. The number of para-hydroxylation sites is 1. The molecule has 1 aromatic rings. The number of halogens is 1. The van der Waals surface area contributed by atoms with Crippen molar-refractivity contribution in [2.75, 3.05) is 0 Å². The maximum atomic E-state index is 5.82. The summed E-state index contributed by atoms with van der Waals surface area (Å²) in [4.78, 5) is 0. The van der Waals surface area contributed by atoms with Crippen LogP contribution in [0.3, 0.4) is 0 Å². The van der Waals surface area contributed by atoms with Gasteiger partial charge in [-0.1, -0.05) is 34.1 Å². The molecule has 0 bridgehead atoms. The summed E-state index contributed by atoms with van der Waals surface area (Å²) >= 11 is 3.52. The van der Waals surface area contributed by atoms with E-state index in [1.807, 2.05) is 38.1 Å². The van der Waals surface area contributed by atoms with Gasteiger partial charge in [-0.15, -0.1) is 0 Å². The van der Waals surface area contributed by atoms with Crippen LogP contribution >= 0.6 is 15.9 Å². The first-order valence-corrected chi connectivity index (χ1v) is 5.04. The first-order valence-electron chi connectivity index (χ1n) is 4.25. The summed E-state index contributed by atoms with van der Waals surface area (Å²) in [5, 5.41) is 0. The molecule has 0 saturated carbocycles. The van der Waals surface area contributed by atoms with Crippen LogP contribution in [0.1, 0.15) is 19.4 Å². The molecular weight excluding hydrogens is 228 g/mol. The Bertz CT molecular complexity index is 366. The number of benzene rings is 1. The van der Waals surface area contributed by atoms with E-state index >= 15 is 0 Å². The van der Waals surface area contributed by atoms with Gasteiger partial charge in [-0.2, -0.15) is 0 Å². The van der Waals surface area contributed by atoms with Gasteiger partial charge in [0.15, 0.2) is 0 Å². The Morgan fingerprint density at radius 1 is 1.23 bits per heavy atom. The summed E-state index contributed by atoms with van der Waals surface area (Å²) in [6, 6.07) is 8.04. The maximum Gasteiger partial charge on any atom is 0.135 e. The molecule has 2 rings (SSSR count). The molecular formula is C11H11BrO. The molecule has 1 nitrogen and oxygen atoms in total. The smallest absolute Gasteiger partial charge is 0.135 e. The van der Waals surface area contributed by atoms with Crippen molar-refractivity contribution in [3.05, 3.63) is 34.3 Å². The summed E-state index contributed by atoms with van der Waals surface area (Å²) in [6.45, 7) is 4.09. The fourth-order valence-corrected chi connectivity index (χ4v) is 1.65. The van der Waals surface area contributed by atoms with Crippen molar-refractivity contribution in [3.8, 4) is 5.75 Å². The van der Waals surface area contributed by atoms with Gasteiger partial charge in [0.05, 0.1) is 0 Å². The Morgan fingerprint density at radius 3 is 2.69 bits per heavy atom. The lowest BCUT2D eigenvalue weighted by Gasteiger charge is -2.31. The summed E-state index contributed by atoms with van der Waals surface area (Å²) in [5.41, 5.74) is 0.891. The van der Waals surface area contributed by atoms with Crippen LogP contribution in [0, 0.1) is 0 Å². The largest absolute Gasteiger partial charge is 0.482 e. The van der Waals surface area contributed by atoms with Crippen molar-refractivity contribution in [1.82, 2.24) is 0 Å². The van der Waals surface area contributed by atoms with E-state index in [4.69, 9.17) is 4.74 Å². The molecule has 0 fully saturated rings. The molecule has 0 saturated heterocycles. The highest BCUT2D eigenvalue weighted by Crippen LogP contribution is 2.37. The molecule has 0 radical (unpaired) electrons. The second kappa shape index (κ2) is 2.88. The van der Waals surface area contributed by atoms with Gasteiger partial charge in [-0.05, 0) is 26.0 Å². The van der Waals surface area contributed by atoms with Gasteiger partial charge in [0.1, 0.15) is 11.4 Å². The van der Waals surface area contributed by atoms with Gasteiger partial charge in [0, 0.05) is 10.0 Å². The molecule has 1 aliphatic rings. The van der Waals surface area contributed by atoms with Gasteiger partial charge in [-0.25, -0.2) is 0 Å². The van der Waals surface area contributed by atoms with Crippen molar-refractivity contribution in [1.29, 1.82) is 0 Å². The van der Waals surface area contributed by atoms with E-state index in [0.29, 0.717) is 0 Å². The van der Waals surface area contributed by atoms with Crippen LogP contribution in [0.25, 0.3) is 6.08 Å². The zero-order valence-corrected chi connectivity index (χ0v) is 9.26. The molecule has 68 valence electrons. The molecule has 1 aliphatic heterocycles. The van der Waals surface area contributed by atoms with Crippen LogP contribution < -0.4 is 4.74 Å². The highest BCUT2D eigenvalue weighted by atomic mass is 79.9. The summed E-state index contributed by atoms with van der Waals surface area (Å²) in [5.74, 6) is 0.954. The lowest BCUT2D eigenvalue weighted by Crippen LogP contribution is -2.30. The normalized spacial score (nSPS) is 18.5. The summed E-state index contributed by atoms with van der Waals surface area (Å²) in [7, 11) is 0. The monoisotopic (exact) mass is 238 g/mol.